The molecule has 0 aromatic carbocycles. The minimum atomic E-state index is -5.55. The van der Waals surface area contributed by atoms with Crippen molar-refractivity contribution in [1.82, 2.24) is 0 Å². The summed E-state index contributed by atoms with van der Waals surface area (Å²) in [5.41, 5.74) is 0. The molecule has 7 atom stereocenters. The summed E-state index contributed by atoms with van der Waals surface area (Å²) in [5.74, 6) is -2.98. The molecule has 36 heavy (non-hydrogen) atoms. The van der Waals surface area contributed by atoms with Gasteiger partial charge in [-0.3, -0.25) is 9.11 Å². The summed E-state index contributed by atoms with van der Waals surface area (Å²) in [7, 11) is -10.7. The second-order valence-corrected chi connectivity index (χ2v) is 8.35. The Morgan fingerprint density at radius 2 is 1.11 bits per heavy atom. The number of carbonyl (C=O) groups excluding carboxylic acids is 2. The third kappa shape index (κ3) is 23.9. The first-order chi connectivity index (χ1) is 15.2. The molecule has 20 nitrogen and oxygen atoms in total. The summed E-state index contributed by atoms with van der Waals surface area (Å²) in [6.07, 6.45) is -13.3. The fraction of sp³-hybridized carbons (Fsp3) is 0.833. The number of aliphatic hydroxyl groups excluding tert-OH is 10. The van der Waals surface area contributed by atoms with Crippen LogP contribution in [0.4, 0.5) is 0 Å². The minimum absolute atomic E-state index is 0. The van der Waals surface area contributed by atoms with Crippen LogP contribution in [0.3, 0.4) is 0 Å². The Kier molecular flexibility index (Phi) is 29.2. The van der Waals surface area contributed by atoms with Crippen LogP contribution in [-0.4, -0.2) is 158 Å². The predicted molar refractivity (Wildman–Crippen MR) is 99.8 cm³/mol. The first kappa shape index (κ1) is 46.6. The van der Waals surface area contributed by atoms with Crippen molar-refractivity contribution < 1.29 is 128 Å². The first-order valence-electron chi connectivity index (χ1n) is 8.28. The van der Waals surface area contributed by atoms with Gasteiger partial charge in [-0.05, 0) is 0 Å². The Labute approximate surface area is 240 Å². The number of carboxylic acid groups (broad SMARTS) is 1. The number of carboxylic acids is 1. The average Bonchev–Trinajstić information content (AvgIpc) is 2.72. The molecule has 0 aromatic rings. The summed E-state index contributed by atoms with van der Waals surface area (Å²) in [4.78, 5) is 54.6. The Morgan fingerprint density at radius 1 is 0.750 bits per heavy atom. The maximum absolute atomic E-state index is 10.5. The zero-order valence-corrected chi connectivity index (χ0v) is 23.6. The normalized spacial score (nSPS) is 16.9. The number of hydrogen-bond donors (Lipinski definition) is 12. The van der Waals surface area contributed by atoms with Gasteiger partial charge in [0.15, 0.2) is 5.78 Å². The molecule has 0 aliphatic rings. The van der Waals surface area contributed by atoms with Gasteiger partial charge in [-0.25, -0.2) is 4.57 Å². The van der Waals surface area contributed by atoms with Crippen LogP contribution in [0, 0.1) is 0 Å². The van der Waals surface area contributed by atoms with Gasteiger partial charge >= 0.3 is 60.4 Å². The van der Waals surface area contributed by atoms with E-state index < -0.39 is 89.9 Å². The van der Waals surface area contributed by atoms with Gasteiger partial charge in [0.25, 0.3) is 0 Å². The zero-order valence-electron chi connectivity index (χ0n) is 18.4. The van der Waals surface area contributed by atoms with E-state index in [0.29, 0.717) is 0 Å². The van der Waals surface area contributed by atoms with Crippen LogP contribution < -0.4 is 44.5 Å². The van der Waals surface area contributed by atoms with Crippen molar-refractivity contribution in [1.29, 1.82) is 0 Å². The predicted octanol–water partition coefficient (Wildman–Crippen LogP) is -13.7. The Morgan fingerprint density at radius 3 is 1.33 bits per heavy atom. The molecule has 24 heteroatoms. The van der Waals surface area contributed by atoms with Crippen molar-refractivity contribution in [2.24, 2.45) is 0 Å². The van der Waals surface area contributed by atoms with Gasteiger partial charge in [-0.2, -0.15) is 0 Å². The van der Waals surface area contributed by atoms with Crippen LogP contribution in [0.25, 0.3) is 0 Å². The molecule has 0 amide bonds. The molecule has 206 valence electrons. The molecule has 0 heterocycles. The molecule has 12 N–H and O–H groups in total. The molecule has 7 unspecified atom stereocenters. The first-order valence-corrected chi connectivity index (χ1v) is 11.3. The van der Waals surface area contributed by atoms with Crippen LogP contribution in [-0.2, 0) is 23.0 Å². The molecule has 0 spiro atoms. The zero-order chi connectivity index (χ0) is 28.0. The van der Waals surface area contributed by atoms with Gasteiger partial charge in [-0.1, -0.05) is 0 Å². The van der Waals surface area contributed by atoms with E-state index in [1.165, 1.54) is 0 Å². The van der Waals surface area contributed by atoms with E-state index in [0.717, 1.165) is 0 Å². The van der Waals surface area contributed by atoms with Crippen molar-refractivity contribution in [3.8, 4) is 0 Å². The third-order valence-corrected chi connectivity index (χ3v) is 4.74. The SMILES string of the molecule is O=C(CO)C(O)C(O)C(O)CO.O=C([O-])C(O)C(O)C(O)C(O)CO.O=P([O-])([O-])OP(=O)(O)O.[Mg+2].[Na+]. The van der Waals surface area contributed by atoms with Crippen molar-refractivity contribution in [3.63, 3.8) is 0 Å². The minimum Gasteiger partial charge on any atom is -0.789 e. The van der Waals surface area contributed by atoms with Gasteiger partial charge < -0.3 is 85.1 Å². The van der Waals surface area contributed by atoms with Gasteiger partial charge in [0.2, 0.25) is 0 Å². The van der Waals surface area contributed by atoms with Crippen molar-refractivity contribution in [2.75, 3.05) is 19.8 Å². The summed E-state index contributed by atoms with van der Waals surface area (Å²) < 4.78 is 21.7. The molecule has 0 fully saturated rings. The summed E-state index contributed by atoms with van der Waals surface area (Å²) in [6.45, 7) is -2.55. The fourth-order valence-corrected chi connectivity index (χ4v) is 2.44. The standard InChI is InChI=1S/C6H12O7.C6H12O6.Mg.Na.H4O7P2/c7-1-2(8)3(9)4(10)5(11)6(12)13;7-1-3(9)5(11)6(12)4(10)2-8;;;1-8(2,3)7-9(4,5)6/h2-5,7-11H,1H2,(H,12,13);3,5-9,11-12H,1-2H2;;;(H2,1,2,3)(H2,4,5,6)/q;;+2;+1;/p-3. The van der Waals surface area contributed by atoms with E-state index in [1.807, 2.05) is 0 Å². The molecule has 0 rings (SSSR count). The molecular weight excluding hydrogens is 573 g/mol. The monoisotopic (exact) mass is 598 g/mol. The number of phosphoric acid groups is 2. The molecule has 0 aliphatic heterocycles. The van der Waals surface area contributed by atoms with E-state index in [4.69, 9.17) is 60.9 Å². The van der Waals surface area contributed by atoms with Gasteiger partial charge in [0.05, 0.1) is 27.0 Å². The van der Waals surface area contributed by atoms with Crippen LogP contribution in [0.15, 0.2) is 0 Å². The summed E-state index contributed by atoms with van der Waals surface area (Å²) in [5, 5.41) is 96.5. The van der Waals surface area contributed by atoms with Gasteiger partial charge in [0.1, 0.15) is 49.3 Å². The molecule has 0 aromatic heterocycles. The van der Waals surface area contributed by atoms with Crippen molar-refractivity contribution in [3.05, 3.63) is 0 Å². The summed E-state index contributed by atoms with van der Waals surface area (Å²) in [6, 6.07) is 0. The maximum atomic E-state index is 10.5. The van der Waals surface area contributed by atoms with Crippen LogP contribution >= 0.6 is 15.6 Å². The molecule has 0 saturated carbocycles. The molecule has 0 saturated heterocycles. The number of ketones is 1. The number of aliphatic carboxylic acids is 1. The molecule has 0 aliphatic carbocycles. The quantitative estimate of drug-likeness (QED) is 0.0732. The van der Waals surface area contributed by atoms with Crippen molar-refractivity contribution in [2.45, 2.75) is 42.7 Å². The second-order valence-electron chi connectivity index (χ2n) is 5.82. The van der Waals surface area contributed by atoms with Crippen LogP contribution in [0.5, 0.6) is 0 Å². The maximum Gasteiger partial charge on any atom is 2.00 e. The third-order valence-electron chi connectivity index (χ3n) is 3.09. The topological polar surface area (TPSA) is 389 Å². The average molecular weight is 599 g/mol. The number of aliphatic hydroxyl groups is 10. The molecule has 0 radical (unpaired) electrons. The molecular formula is C12H25MgNaO20P2. The van der Waals surface area contributed by atoms with Crippen LogP contribution in [0.2, 0.25) is 0 Å². The largest absolute Gasteiger partial charge is 2.00 e. The second kappa shape index (κ2) is 22.6. The van der Waals surface area contributed by atoms with E-state index in [1.54, 1.807) is 0 Å². The number of rotatable bonds is 12. The van der Waals surface area contributed by atoms with E-state index >= 15 is 0 Å². The van der Waals surface area contributed by atoms with Gasteiger partial charge in [-0.15, -0.1) is 0 Å². The van der Waals surface area contributed by atoms with E-state index in [9.17, 15) is 33.6 Å². The Balaban J connectivity index is -0.000000132. The molecule has 0 bridgehead atoms. The van der Waals surface area contributed by atoms with Crippen LogP contribution in [0.1, 0.15) is 0 Å². The Hall–Kier alpha value is 0.766. The smallest absolute Gasteiger partial charge is 0.789 e. The van der Waals surface area contributed by atoms with Gasteiger partial charge in [0, 0.05) is 0 Å². The number of Topliss-reactive ketones (excluding diaryl/α,β-unsaturated/α-hetero) is 1. The number of carbonyl (C=O) groups is 2. The van der Waals surface area contributed by atoms with Crippen molar-refractivity contribution >= 4 is 50.5 Å². The van der Waals surface area contributed by atoms with E-state index in [2.05, 4.69) is 4.31 Å². The van der Waals surface area contributed by atoms with E-state index in [-0.39, 0.29) is 52.6 Å². The fourth-order valence-electron chi connectivity index (χ4n) is 1.39. The number of hydrogen-bond acceptors (Lipinski definition) is 18. The summed E-state index contributed by atoms with van der Waals surface area (Å²) >= 11 is 0. The Bertz CT molecular complexity index is 668.